The summed E-state index contributed by atoms with van der Waals surface area (Å²) in [6.45, 7) is 1.75. The summed E-state index contributed by atoms with van der Waals surface area (Å²) in [5, 5.41) is 3.25. The zero-order valence-corrected chi connectivity index (χ0v) is 8.71. The van der Waals surface area contributed by atoms with Crippen LogP contribution in [0.3, 0.4) is 0 Å². The van der Waals surface area contributed by atoms with Crippen molar-refractivity contribution >= 4 is 0 Å². The highest BCUT2D eigenvalue weighted by Gasteiger charge is 2.16. The summed E-state index contributed by atoms with van der Waals surface area (Å²) < 4.78 is 10.7. The van der Waals surface area contributed by atoms with Crippen molar-refractivity contribution in [2.24, 2.45) is 0 Å². The largest absolute Gasteiger partial charge is 0.383 e. The standard InChI is InChI=1S/C10H21NO2/c1-11-9(8-12-2)5-6-10-4-3-7-13-10/h9-11H,3-8H2,1-2H3. The van der Waals surface area contributed by atoms with E-state index in [-0.39, 0.29) is 0 Å². The first-order valence-electron chi connectivity index (χ1n) is 5.14. The molecule has 1 aliphatic heterocycles. The van der Waals surface area contributed by atoms with E-state index in [2.05, 4.69) is 5.32 Å². The molecule has 0 bridgehead atoms. The minimum absolute atomic E-state index is 0.481. The van der Waals surface area contributed by atoms with Crippen LogP contribution in [0.5, 0.6) is 0 Å². The van der Waals surface area contributed by atoms with E-state index in [0.717, 1.165) is 26.1 Å². The molecule has 0 aromatic carbocycles. The number of rotatable bonds is 6. The highest BCUT2D eigenvalue weighted by atomic mass is 16.5. The third-order valence-electron chi connectivity index (χ3n) is 2.64. The molecule has 0 spiro atoms. The van der Waals surface area contributed by atoms with Crippen molar-refractivity contribution in [3.05, 3.63) is 0 Å². The first kappa shape index (κ1) is 11.0. The highest BCUT2D eigenvalue weighted by molar-refractivity contribution is 4.70. The molecular weight excluding hydrogens is 166 g/mol. The molecule has 0 aromatic rings. The van der Waals surface area contributed by atoms with Gasteiger partial charge in [-0.15, -0.1) is 0 Å². The van der Waals surface area contributed by atoms with Gasteiger partial charge in [-0.05, 0) is 32.7 Å². The third-order valence-corrected chi connectivity index (χ3v) is 2.64. The molecule has 1 aliphatic rings. The molecule has 0 amide bonds. The van der Waals surface area contributed by atoms with E-state index >= 15 is 0 Å². The fourth-order valence-corrected chi connectivity index (χ4v) is 1.77. The van der Waals surface area contributed by atoms with Crippen molar-refractivity contribution in [3.63, 3.8) is 0 Å². The topological polar surface area (TPSA) is 30.5 Å². The molecule has 1 fully saturated rings. The summed E-state index contributed by atoms with van der Waals surface area (Å²) >= 11 is 0. The van der Waals surface area contributed by atoms with Gasteiger partial charge in [-0.3, -0.25) is 0 Å². The van der Waals surface area contributed by atoms with Crippen LogP contribution in [0.2, 0.25) is 0 Å². The fourth-order valence-electron chi connectivity index (χ4n) is 1.77. The predicted octanol–water partition coefficient (Wildman–Crippen LogP) is 1.18. The Balaban J connectivity index is 2.07. The Morgan fingerprint density at radius 3 is 3.00 bits per heavy atom. The van der Waals surface area contributed by atoms with Gasteiger partial charge in [0.15, 0.2) is 0 Å². The molecule has 0 aromatic heterocycles. The van der Waals surface area contributed by atoms with Crippen LogP contribution in [0, 0.1) is 0 Å². The molecule has 2 unspecified atom stereocenters. The van der Waals surface area contributed by atoms with Crippen molar-refractivity contribution in [1.29, 1.82) is 0 Å². The minimum atomic E-state index is 0.481. The smallest absolute Gasteiger partial charge is 0.0615 e. The minimum Gasteiger partial charge on any atom is -0.383 e. The monoisotopic (exact) mass is 187 g/mol. The van der Waals surface area contributed by atoms with E-state index in [9.17, 15) is 0 Å². The molecule has 0 saturated carbocycles. The van der Waals surface area contributed by atoms with E-state index in [1.165, 1.54) is 12.8 Å². The Morgan fingerprint density at radius 2 is 2.46 bits per heavy atom. The van der Waals surface area contributed by atoms with Gasteiger partial charge in [0.05, 0.1) is 12.7 Å². The summed E-state index contributed by atoms with van der Waals surface area (Å²) in [5.74, 6) is 0. The quantitative estimate of drug-likeness (QED) is 0.677. The number of methoxy groups -OCH3 is 1. The van der Waals surface area contributed by atoms with Crippen LogP contribution in [0.15, 0.2) is 0 Å². The van der Waals surface area contributed by atoms with E-state index in [1.54, 1.807) is 7.11 Å². The molecule has 78 valence electrons. The maximum Gasteiger partial charge on any atom is 0.0615 e. The van der Waals surface area contributed by atoms with Crippen molar-refractivity contribution in [1.82, 2.24) is 5.32 Å². The lowest BCUT2D eigenvalue weighted by Gasteiger charge is -2.17. The predicted molar refractivity (Wildman–Crippen MR) is 52.9 cm³/mol. The Bertz CT molecular complexity index is 124. The van der Waals surface area contributed by atoms with Crippen molar-refractivity contribution in [2.45, 2.75) is 37.8 Å². The zero-order chi connectivity index (χ0) is 9.52. The second kappa shape index (κ2) is 6.35. The maximum atomic E-state index is 5.56. The Morgan fingerprint density at radius 1 is 1.62 bits per heavy atom. The molecule has 1 rings (SSSR count). The van der Waals surface area contributed by atoms with E-state index in [4.69, 9.17) is 9.47 Å². The number of hydrogen-bond acceptors (Lipinski definition) is 3. The first-order chi connectivity index (χ1) is 6.36. The molecule has 3 heteroatoms. The van der Waals surface area contributed by atoms with Gasteiger partial charge in [0, 0.05) is 19.8 Å². The molecule has 13 heavy (non-hydrogen) atoms. The number of ether oxygens (including phenoxy) is 2. The lowest BCUT2D eigenvalue weighted by molar-refractivity contribution is 0.0933. The van der Waals surface area contributed by atoms with Crippen LogP contribution in [0.25, 0.3) is 0 Å². The highest BCUT2D eigenvalue weighted by Crippen LogP contribution is 2.17. The SMILES string of the molecule is CNC(CCC1CCCO1)COC. The second-order valence-electron chi connectivity index (χ2n) is 3.65. The third kappa shape index (κ3) is 4.07. The Labute approximate surface area is 80.8 Å². The average Bonchev–Trinajstić information content (AvgIpc) is 2.64. The van der Waals surface area contributed by atoms with Crippen molar-refractivity contribution in [2.75, 3.05) is 27.4 Å². The van der Waals surface area contributed by atoms with Gasteiger partial charge in [0.1, 0.15) is 0 Å². The molecule has 0 aliphatic carbocycles. The summed E-state index contributed by atoms with van der Waals surface area (Å²) in [5.41, 5.74) is 0. The number of likely N-dealkylation sites (N-methyl/N-ethyl adjacent to an activating group) is 1. The zero-order valence-electron chi connectivity index (χ0n) is 8.71. The summed E-state index contributed by atoms with van der Waals surface area (Å²) in [6.07, 6.45) is 5.29. The van der Waals surface area contributed by atoms with Crippen LogP contribution in [-0.2, 0) is 9.47 Å². The van der Waals surface area contributed by atoms with Gasteiger partial charge < -0.3 is 14.8 Å². The number of hydrogen-bond donors (Lipinski definition) is 1. The van der Waals surface area contributed by atoms with Crippen LogP contribution in [-0.4, -0.2) is 39.5 Å². The normalized spacial score (nSPS) is 24.9. The summed E-state index contributed by atoms with van der Waals surface area (Å²) in [4.78, 5) is 0. The molecule has 1 saturated heterocycles. The van der Waals surface area contributed by atoms with Crippen molar-refractivity contribution in [3.8, 4) is 0 Å². The second-order valence-corrected chi connectivity index (χ2v) is 3.65. The average molecular weight is 187 g/mol. The van der Waals surface area contributed by atoms with E-state index < -0.39 is 0 Å². The van der Waals surface area contributed by atoms with Gasteiger partial charge >= 0.3 is 0 Å². The molecule has 2 atom stereocenters. The first-order valence-corrected chi connectivity index (χ1v) is 5.14. The van der Waals surface area contributed by atoms with Crippen LogP contribution < -0.4 is 5.32 Å². The van der Waals surface area contributed by atoms with Gasteiger partial charge in [-0.25, -0.2) is 0 Å². The van der Waals surface area contributed by atoms with Crippen molar-refractivity contribution < 1.29 is 9.47 Å². The lowest BCUT2D eigenvalue weighted by atomic mass is 10.1. The fraction of sp³-hybridized carbons (Fsp3) is 1.00. The van der Waals surface area contributed by atoms with Crippen LogP contribution in [0.4, 0.5) is 0 Å². The molecule has 0 radical (unpaired) electrons. The van der Waals surface area contributed by atoms with Gasteiger partial charge in [0.2, 0.25) is 0 Å². The van der Waals surface area contributed by atoms with E-state index in [1.807, 2.05) is 7.05 Å². The molecule has 1 heterocycles. The van der Waals surface area contributed by atoms with Crippen LogP contribution in [0.1, 0.15) is 25.7 Å². The Hall–Kier alpha value is -0.120. The van der Waals surface area contributed by atoms with Gasteiger partial charge in [0.25, 0.3) is 0 Å². The summed E-state index contributed by atoms with van der Waals surface area (Å²) in [7, 11) is 3.73. The van der Waals surface area contributed by atoms with Gasteiger partial charge in [-0.1, -0.05) is 0 Å². The summed E-state index contributed by atoms with van der Waals surface area (Å²) in [6, 6.07) is 0.481. The lowest BCUT2D eigenvalue weighted by Crippen LogP contribution is -2.30. The number of nitrogens with one attached hydrogen (secondary N) is 1. The van der Waals surface area contributed by atoms with Crippen LogP contribution >= 0.6 is 0 Å². The van der Waals surface area contributed by atoms with Gasteiger partial charge in [-0.2, -0.15) is 0 Å². The maximum absolute atomic E-state index is 5.56. The molecule has 3 nitrogen and oxygen atoms in total. The molecule has 1 N–H and O–H groups in total. The Kier molecular flexibility index (Phi) is 5.35. The molecular formula is C10H21NO2. The van der Waals surface area contributed by atoms with E-state index in [0.29, 0.717) is 12.1 Å².